The van der Waals surface area contributed by atoms with Crippen molar-refractivity contribution in [2.75, 3.05) is 59.8 Å². The number of hydrogen-bond donors (Lipinski definition) is 1. The van der Waals surface area contributed by atoms with Crippen molar-refractivity contribution in [3.8, 4) is 5.75 Å². The number of carbonyl (C=O) groups excluding carboxylic acids is 3. The Bertz CT molecular complexity index is 917. The lowest BCUT2D eigenvalue weighted by molar-refractivity contribution is -0.136. The molecule has 9 heteroatoms. The van der Waals surface area contributed by atoms with Crippen molar-refractivity contribution < 1.29 is 23.9 Å². The van der Waals surface area contributed by atoms with E-state index in [1.54, 1.807) is 37.3 Å². The molecule has 1 aliphatic heterocycles. The minimum absolute atomic E-state index is 0.00134. The zero-order chi connectivity index (χ0) is 25.7. The lowest BCUT2D eigenvalue weighted by Crippen LogP contribution is -2.50. The van der Waals surface area contributed by atoms with E-state index in [0.717, 1.165) is 19.3 Å². The van der Waals surface area contributed by atoms with Crippen LogP contribution in [0, 0.1) is 11.8 Å². The Morgan fingerprint density at radius 3 is 2.51 bits per heavy atom. The van der Waals surface area contributed by atoms with Gasteiger partial charge in [-0.2, -0.15) is 0 Å². The molecule has 0 bridgehead atoms. The van der Waals surface area contributed by atoms with E-state index in [1.807, 2.05) is 37.7 Å². The molecule has 3 amide bonds. The molecule has 2 aliphatic rings. The summed E-state index contributed by atoms with van der Waals surface area (Å²) in [6.07, 6.45) is 2.65. The summed E-state index contributed by atoms with van der Waals surface area (Å²) in [7, 11) is 7.11. The molecular weight excluding hydrogens is 448 g/mol. The fourth-order valence-corrected chi connectivity index (χ4v) is 4.47. The second-order valence-corrected chi connectivity index (χ2v) is 10.2. The molecule has 1 aromatic rings. The predicted octanol–water partition coefficient (Wildman–Crippen LogP) is 2.32. The number of ether oxygens (including phenoxy) is 2. The van der Waals surface area contributed by atoms with Crippen LogP contribution in [-0.4, -0.2) is 99.1 Å². The lowest BCUT2D eigenvalue weighted by atomic mass is 9.85. The molecule has 3 rings (SSSR count). The third-order valence-corrected chi connectivity index (χ3v) is 6.96. The summed E-state index contributed by atoms with van der Waals surface area (Å²) in [6.45, 7) is 5.35. The van der Waals surface area contributed by atoms with E-state index in [9.17, 15) is 14.4 Å². The minimum Gasteiger partial charge on any atom is -0.491 e. The number of anilines is 1. The van der Waals surface area contributed by atoms with Gasteiger partial charge in [0.25, 0.3) is 5.91 Å². The molecule has 1 aromatic carbocycles. The molecule has 1 heterocycles. The average molecular weight is 489 g/mol. The summed E-state index contributed by atoms with van der Waals surface area (Å²) in [5.74, 6) is 0.276. The molecule has 1 aliphatic carbocycles. The highest BCUT2D eigenvalue weighted by Crippen LogP contribution is 2.30. The van der Waals surface area contributed by atoms with Crippen molar-refractivity contribution in [1.82, 2.24) is 14.7 Å². The number of benzene rings is 1. The Hall–Kier alpha value is -2.65. The topological polar surface area (TPSA) is 91.4 Å². The van der Waals surface area contributed by atoms with Crippen LogP contribution in [-0.2, 0) is 14.3 Å². The van der Waals surface area contributed by atoms with Gasteiger partial charge in [0.1, 0.15) is 12.4 Å². The van der Waals surface area contributed by atoms with Crippen LogP contribution in [0.5, 0.6) is 5.75 Å². The molecule has 0 unspecified atom stereocenters. The number of rotatable bonds is 5. The first-order valence-corrected chi connectivity index (χ1v) is 12.4. The molecule has 1 saturated carbocycles. The molecule has 0 saturated heterocycles. The van der Waals surface area contributed by atoms with E-state index in [2.05, 4.69) is 5.32 Å². The highest BCUT2D eigenvalue weighted by Gasteiger charge is 2.31. The highest BCUT2D eigenvalue weighted by molar-refractivity contribution is 5.99. The molecule has 9 nitrogen and oxygen atoms in total. The second-order valence-electron chi connectivity index (χ2n) is 10.2. The van der Waals surface area contributed by atoms with Crippen molar-refractivity contribution in [2.24, 2.45) is 11.8 Å². The Morgan fingerprint density at radius 2 is 1.91 bits per heavy atom. The van der Waals surface area contributed by atoms with Crippen LogP contribution in [0.15, 0.2) is 18.2 Å². The summed E-state index contributed by atoms with van der Waals surface area (Å²) >= 11 is 0. The fourth-order valence-electron chi connectivity index (χ4n) is 4.47. The third kappa shape index (κ3) is 6.73. The van der Waals surface area contributed by atoms with Crippen LogP contribution in [0.3, 0.4) is 0 Å². The van der Waals surface area contributed by atoms with Gasteiger partial charge in [0.2, 0.25) is 11.8 Å². The van der Waals surface area contributed by atoms with Gasteiger partial charge >= 0.3 is 0 Å². The summed E-state index contributed by atoms with van der Waals surface area (Å²) in [5.41, 5.74) is 1.01. The standard InChI is InChI=1S/C26H40N4O5/c1-17-13-30(24(31)15-28(3)4)18(2)16-35-22-12-20(27-25(32)19-8-7-9-19)10-11-21(22)26(33)29(5)14-23(17)34-6/h10-12,17-19,23H,7-9,13-16H2,1-6H3,(H,27,32)/t17-,18-,23-/m1/s1. The van der Waals surface area contributed by atoms with Gasteiger partial charge in [-0.15, -0.1) is 0 Å². The second kappa shape index (κ2) is 11.9. The van der Waals surface area contributed by atoms with Crippen LogP contribution < -0.4 is 10.1 Å². The molecule has 1 fully saturated rings. The van der Waals surface area contributed by atoms with Gasteiger partial charge in [-0.25, -0.2) is 0 Å². The summed E-state index contributed by atoms with van der Waals surface area (Å²) in [4.78, 5) is 44.2. The summed E-state index contributed by atoms with van der Waals surface area (Å²) < 4.78 is 11.9. The normalized spacial score (nSPS) is 24.1. The first kappa shape index (κ1) is 26.9. The van der Waals surface area contributed by atoms with Crippen molar-refractivity contribution >= 4 is 23.4 Å². The SMILES string of the molecule is CO[C@@H]1CN(C)C(=O)c2ccc(NC(=O)C3CCC3)cc2OC[C@@H](C)N(C(=O)CN(C)C)C[C@H]1C. The van der Waals surface area contributed by atoms with Gasteiger partial charge in [0.05, 0.1) is 24.3 Å². The van der Waals surface area contributed by atoms with Gasteiger partial charge in [-0.1, -0.05) is 13.3 Å². The smallest absolute Gasteiger partial charge is 0.257 e. The quantitative estimate of drug-likeness (QED) is 0.684. The van der Waals surface area contributed by atoms with Crippen LogP contribution >= 0.6 is 0 Å². The number of nitrogens with one attached hydrogen (secondary N) is 1. The minimum atomic E-state index is -0.240. The van der Waals surface area contributed by atoms with E-state index in [-0.39, 0.29) is 48.3 Å². The largest absolute Gasteiger partial charge is 0.491 e. The Kier molecular flexibility index (Phi) is 9.13. The molecule has 1 N–H and O–H groups in total. The number of nitrogens with zero attached hydrogens (tertiary/aromatic N) is 3. The van der Waals surface area contributed by atoms with Crippen molar-refractivity contribution in [3.63, 3.8) is 0 Å². The van der Waals surface area contributed by atoms with E-state index in [4.69, 9.17) is 9.47 Å². The Balaban J connectivity index is 1.91. The molecule has 194 valence electrons. The average Bonchev–Trinajstić information content (AvgIpc) is 2.76. The van der Waals surface area contributed by atoms with Gasteiger partial charge in [-0.3, -0.25) is 14.4 Å². The first-order valence-electron chi connectivity index (χ1n) is 12.4. The van der Waals surface area contributed by atoms with Gasteiger partial charge < -0.3 is 29.5 Å². The number of fused-ring (bicyclic) bond motifs is 1. The molecule has 0 spiro atoms. The van der Waals surface area contributed by atoms with Crippen LogP contribution in [0.1, 0.15) is 43.5 Å². The van der Waals surface area contributed by atoms with E-state index < -0.39 is 0 Å². The van der Waals surface area contributed by atoms with Crippen LogP contribution in [0.4, 0.5) is 5.69 Å². The molecule has 0 aromatic heterocycles. The van der Waals surface area contributed by atoms with Crippen molar-refractivity contribution in [2.45, 2.75) is 45.3 Å². The third-order valence-electron chi connectivity index (χ3n) is 6.96. The molecular formula is C26H40N4O5. The Morgan fingerprint density at radius 1 is 1.20 bits per heavy atom. The molecule has 35 heavy (non-hydrogen) atoms. The fraction of sp³-hybridized carbons (Fsp3) is 0.654. The number of likely N-dealkylation sites (N-methyl/N-ethyl adjacent to an activating group) is 2. The monoisotopic (exact) mass is 488 g/mol. The first-order chi connectivity index (χ1) is 16.6. The Labute approximate surface area is 208 Å². The van der Waals surface area contributed by atoms with E-state index in [0.29, 0.717) is 36.6 Å². The van der Waals surface area contributed by atoms with Crippen LogP contribution in [0.2, 0.25) is 0 Å². The summed E-state index contributed by atoms with van der Waals surface area (Å²) in [6, 6.07) is 4.92. The number of methoxy groups -OCH3 is 1. The number of amides is 3. The van der Waals surface area contributed by atoms with Gasteiger partial charge in [-0.05, 0) is 46.0 Å². The van der Waals surface area contributed by atoms with Crippen molar-refractivity contribution in [1.29, 1.82) is 0 Å². The number of hydrogen-bond acceptors (Lipinski definition) is 6. The number of carbonyl (C=O) groups is 3. The predicted molar refractivity (Wildman–Crippen MR) is 135 cm³/mol. The zero-order valence-corrected chi connectivity index (χ0v) is 21.9. The zero-order valence-electron chi connectivity index (χ0n) is 21.9. The van der Waals surface area contributed by atoms with Gasteiger partial charge in [0, 0.05) is 50.8 Å². The maximum atomic E-state index is 13.3. The highest BCUT2D eigenvalue weighted by atomic mass is 16.5. The summed E-state index contributed by atoms with van der Waals surface area (Å²) in [5, 5.41) is 2.95. The molecule has 0 radical (unpaired) electrons. The molecule has 3 atom stereocenters. The van der Waals surface area contributed by atoms with Crippen molar-refractivity contribution in [3.05, 3.63) is 23.8 Å². The van der Waals surface area contributed by atoms with Gasteiger partial charge in [0.15, 0.2) is 0 Å². The van der Waals surface area contributed by atoms with Crippen LogP contribution in [0.25, 0.3) is 0 Å². The van der Waals surface area contributed by atoms with E-state index in [1.165, 1.54) is 0 Å². The maximum Gasteiger partial charge on any atom is 0.257 e. The maximum absolute atomic E-state index is 13.3. The lowest BCUT2D eigenvalue weighted by Gasteiger charge is -2.36. The van der Waals surface area contributed by atoms with E-state index >= 15 is 0 Å².